The molecule has 0 aliphatic rings. The molecule has 122 valence electrons. The molecule has 0 aliphatic heterocycles. The van der Waals surface area contributed by atoms with Crippen LogP contribution in [0.2, 0.25) is 0 Å². The SMILES string of the molecule is Cc1ccc(C[C@@H](NCc2ccc(O)cc2)c2ccccc2)cc1. The minimum Gasteiger partial charge on any atom is -0.508 e. The molecule has 0 saturated heterocycles. The van der Waals surface area contributed by atoms with E-state index in [-0.39, 0.29) is 6.04 Å². The van der Waals surface area contributed by atoms with Gasteiger partial charge in [0.05, 0.1) is 0 Å². The van der Waals surface area contributed by atoms with Crippen LogP contribution in [0.5, 0.6) is 5.75 Å². The van der Waals surface area contributed by atoms with Crippen LogP contribution in [0.25, 0.3) is 0 Å². The van der Waals surface area contributed by atoms with Gasteiger partial charge in [-0.25, -0.2) is 0 Å². The lowest BCUT2D eigenvalue weighted by molar-refractivity contribution is 0.474. The molecule has 1 atom stereocenters. The van der Waals surface area contributed by atoms with E-state index in [0.717, 1.165) is 18.5 Å². The van der Waals surface area contributed by atoms with Crippen LogP contribution in [0.1, 0.15) is 28.3 Å². The van der Waals surface area contributed by atoms with Crippen molar-refractivity contribution in [1.29, 1.82) is 0 Å². The number of benzene rings is 3. The fourth-order valence-corrected chi connectivity index (χ4v) is 2.81. The first-order chi connectivity index (χ1) is 11.7. The van der Waals surface area contributed by atoms with Gasteiger partial charge in [-0.1, -0.05) is 72.3 Å². The Morgan fingerprint density at radius 3 is 2.08 bits per heavy atom. The number of phenols is 1. The Kier molecular flexibility index (Phi) is 5.29. The van der Waals surface area contributed by atoms with Gasteiger partial charge in [0.25, 0.3) is 0 Å². The third-order valence-electron chi connectivity index (χ3n) is 4.25. The molecule has 2 heteroatoms. The van der Waals surface area contributed by atoms with E-state index >= 15 is 0 Å². The topological polar surface area (TPSA) is 32.3 Å². The molecular weight excluding hydrogens is 294 g/mol. The zero-order chi connectivity index (χ0) is 16.8. The second-order valence-electron chi connectivity index (χ2n) is 6.20. The van der Waals surface area contributed by atoms with Crippen LogP contribution in [0.4, 0.5) is 0 Å². The highest BCUT2D eigenvalue weighted by Crippen LogP contribution is 2.20. The smallest absolute Gasteiger partial charge is 0.115 e. The monoisotopic (exact) mass is 317 g/mol. The standard InChI is InChI=1S/C22H23NO/c1-17-7-9-18(10-8-17)15-22(20-5-3-2-4-6-20)23-16-19-11-13-21(24)14-12-19/h2-14,22-24H,15-16H2,1H3/t22-/m1/s1. The van der Waals surface area contributed by atoms with E-state index in [1.165, 1.54) is 16.7 Å². The zero-order valence-corrected chi connectivity index (χ0v) is 13.9. The second-order valence-corrected chi connectivity index (χ2v) is 6.20. The first-order valence-electron chi connectivity index (χ1n) is 8.32. The van der Waals surface area contributed by atoms with Crippen molar-refractivity contribution in [3.63, 3.8) is 0 Å². The average Bonchev–Trinajstić information content (AvgIpc) is 2.62. The third-order valence-corrected chi connectivity index (χ3v) is 4.25. The fraction of sp³-hybridized carbons (Fsp3) is 0.182. The second kappa shape index (κ2) is 7.80. The van der Waals surface area contributed by atoms with E-state index < -0.39 is 0 Å². The molecule has 0 saturated carbocycles. The lowest BCUT2D eigenvalue weighted by Gasteiger charge is -2.20. The maximum atomic E-state index is 9.41. The van der Waals surface area contributed by atoms with Gasteiger partial charge in [-0.15, -0.1) is 0 Å². The minimum absolute atomic E-state index is 0.253. The Hall–Kier alpha value is -2.58. The maximum Gasteiger partial charge on any atom is 0.115 e. The van der Waals surface area contributed by atoms with E-state index in [9.17, 15) is 5.11 Å². The third kappa shape index (κ3) is 4.46. The largest absolute Gasteiger partial charge is 0.508 e. The molecule has 3 aromatic carbocycles. The van der Waals surface area contributed by atoms with E-state index in [4.69, 9.17) is 0 Å². The maximum absolute atomic E-state index is 9.41. The number of rotatable bonds is 6. The molecule has 2 N–H and O–H groups in total. The van der Waals surface area contributed by atoms with E-state index in [0.29, 0.717) is 5.75 Å². The molecule has 0 spiro atoms. The van der Waals surface area contributed by atoms with Gasteiger partial charge >= 0.3 is 0 Å². The van der Waals surface area contributed by atoms with Crippen LogP contribution in [-0.4, -0.2) is 5.11 Å². The molecule has 0 bridgehead atoms. The Bertz CT molecular complexity index is 748. The quantitative estimate of drug-likeness (QED) is 0.686. The molecule has 0 radical (unpaired) electrons. The first-order valence-corrected chi connectivity index (χ1v) is 8.32. The molecule has 0 aromatic heterocycles. The number of hydrogen-bond acceptors (Lipinski definition) is 2. The highest BCUT2D eigenvalue weighted by atomic mass is 16.3. The number of nitrogens with one attached hydrogen (secondary N) is 1. The van der Waals surface area contributed by atoms with Gasteiger partial charge in [-0.2, -0.15) is 0 Å². The van der Waals surface area contributed by atoms with Crippen molar-refractivity contribution < 1.29 is 5.11 Å². The fourth-order valence-electron chi connectivity index (χ4n) is 2.81. The number of aryl methyl sites for hydroxylation is 1. The Morgan fingerprint density at radius 2 is 1.42 bits per heavy atom. The minimum atomic E-state index is 0.253. The van der Waals surface area contributed by atoms with Gasteiger partial charge in [0, 0.05) is 12.6 Å². The zero-order valence-electron chi connectivity index (χ0n) is 13.9. The summed E-state index contributed by atoms with van der Waals surface area (Å²) >= 11 is 0. The van der Waals surface area contributed by atoms with E-state index in [1.807, 2.05) is 18.2 Å². The predicted molar refractivity (Wildman–Crippen MR) is 99.0 cm³/mol. The molecule has 24 heavy (non-hydrogen) atoms. The molecule has 0 amide bonds. The predicted octanol–water partition coefficient (Wildman–Crippen LogP) is 4.77. The lowest BCUT2D eigenvalue weighted by atomic mass is 9.98. The van der Waals surface area contributed by atoms with Crippen LogP contribution in [0.15, 0.2) is 78.9 Å². The summed E-state index contributed by atoms with van der Waals surface area (Å²) in [4.78, 5) is 0. The number of phenolic OH excluding ortho intramolecular Hbond substituents is 1. The van der Waals surface area contributed by atoms with Gasteiger partial charge in [0.2, 0.25) is 0 Å². The lowest BCUT2D eigenvalue weighted by Crippen LogP contribution is -2.23. The van der Waals surface area contributed by atoms with Crippen molar-refractivity contribution >= 4 is 0 Å². The summed E-state index contributed by atoms with van der Waals surface area (Å²) in [7, 11) is 0. The van der Waals surface area contributed by atoms with Gasteiger partial charge in [-0.3, -0.25) is 0 Å². The highest BCUT2D eigenvalue weighted by molar-refractivity contribution is 5.28. The molecule has 3 rings (SSSR count). The van der Waals surface area contributed by atoms with Crippen LogP contribution < -0.4 is 5.32 Å². The summed E-state index contributed by atoms with van der Waals surface area (Å²) < 4.78 is 0. The van der Waals surface area contributed by atoms with Crippen LogP contribution >= 0.6 is 0 Å². The summed E-state index contributed by atoms with van der Waals surface area (Å²) in [5.41, 5.74) is 5.06. The van der Waals surface area contributed by atoms with Gasteiger partial charge in [0.15, 0.2) is 0 Å². The molecule has 0 heterocycles. The van der Waals surface area contributed by atoms with Crippen molar-refractivity contribution in [2.45, 2.75) is 25.9 Å². The summed E-state index contributed by atoms with van der Waals surface area (Å²) in [6.45, 7) is 2.88. The molecule has 2 nitrogen and oxygen atoms in total. The van der Waals surface area contributed by atoms with Crippen molar-refractivity contribution in [1.82, 2.24) is 5.32 Å². The van der Waals surface area contributed by atoms with Crippen molar-refractivity contribution in [2.75, 3.05) is 0 Å². The average molecular weight is 317 g/mol. The molecule has 3 aromatic rings. The Morgan fingerprint density at radius 1 is 0.792 bits per heavy atom. The summed E-state index contributed by atoms with van der Waals surface area (Å²) in [6.07, 6.45) is 0.947. The van der Waals surface area contributed by atoms with E-state index in [2.05, 4.69) is 60.8 Å². The Labute approximate surface area is 143 Å². The summed E-state index contributed by atoms with van der Waals surface area (Å²) in [5, 5.41) is 13.1. The van der Waals surface area contributed by atoms with Gasteiger partial charge < -0.3 is 10.4 Å². The number of hydrogen-bond donors (Lipinski definition) is 2. The van der Waals surface area contributed by atoms with Gasteiger partial charge in [-0.05, 0) is 42.2 Å². The first kappa shape index (κ1) is 16.3. The number of aromatic hydroxyl groups is 1. The molecule has 0 aliphatic carbocycles. The molecule has 0 fully saturated rings. The van der Waals surface area contributed by atoms with Crippen LogP contribution in [0.3, 0.4) is 0 Å². The normalized spacial score (nSPS) is 12.0. The van der Waals surface area contributed by atoms with E-state index in [1.54, 1.807) is 12.1 Å². The van der Waals surface area contributed by atoms with Crippen molar-refractivity contribution in [2.24, 2.45) is 0 Å². The van der Waals surface area contributed by atoms with Crippen LogP contribution in [0, 0.1) is 6.92 Å². The Balaban J connectivity index is 1.74. The molecule has 0 unspecified atom stereocenters. The summed E-state index contributed by atoms with van der Waals surface area (Å²) in [5.74, 6) is 0.304. The van der Waals surface area contributed by atoms with Crippen molar-refractivity contribution in [3.8, 4) is 5.75 Å². The van der Waals surface area contributed by atoms with Crippen molar-refractivity contribution in [3.05, 3.63) is 101 Å². The summed E-state index contributed by atoms with van der Waals surface area (Å²) in [6, 6.07) is 26.9. The highest BCUT2D eigenvalue weighted by Gasteiger charge is 2.11. The van der Waals surface area contributed by atoms with Crippen LogP contribution in [-0.2, 0) is 13.0 Å². The van der Waals surface area contributed by atoms with Gasteiger partial charge in [0.1, 0.15) is 5.75 Å². The molecular formula is C22H23NO.